The lowest BCUT2D eigenvalue weighted by Gasteiger charge is -2.32. The molecule has 1 saturated carbocycles. The van der Waals surface area contributed by atoms with E-state index in [2.05, 4.69) is 29.6 Å². The molecule has 0 bridgehead atoms. The van der Waals surface area contributed by atoms with Crippen LogP contribution >= 0.6 is 0 Å². The lowest BCUT2D eigenvalue weighted by Crippen LogP contribution is -2.39. The van der Waals surface area contributed by atoms with Gasteiger partial charge in [0.15, 0.2) is 0 Å². The van der Waals surface area contributed by atoms with E-state index in [9.17, 15) is 8.42 Å². The minimum absolute atomic E-state index is 0.227. The fourth-order valence-corrected chi connectivity index (χ4v) is 3.39. The van der Waals surface area contributed by atoms with Crippen molar-refractivity contribution in [2.75, 3.05) is 18.6 Å². The third-order valence-corrected chi connectivity index (χ3v) is 4.82. The lowest BCUT2D eigenvalue weighted by atomic mass is 9.80. The Bertz CT molecular complexity index is 484. The summed E-state index contributed by atoms with van der Waals surface area (Å²) in [4.78, 5) is 0. The van der Waals surface area contributed by atoms with E-state index in [0.29, 0.717) is 18.5 Å². The molecule has 106 valence electrons. The van der Waals surface area contributed by atoms with Gasteiger partial charge in [0.2, 0.25) is 0 Å². The highest BCUT2D eigenvalue weighted by Gasteiger charge is 2.25. The second kappa shape index (κ2) is 6.53. The molecule has 1 aromatic rings. The second-order valence-corrected chi connectivity index (χ2v) is 7.75. The van der Waals surface area contributed by atoms with Crippen LogP contribution in [-0.4, -0.2) is 33.0 Å². The molecule has 1 aliphatic rings. The Labute approximate surface area is 116 Å². The minimum atomic E-state index is -2.87. The van der Waals surface area contributed by atoms with Gasteiger partial charge < -0.3 is 5.32 Å². The molecule has 0 spiro atoms. The first-order chi connectivity index (χ1) is 9.06. The number of hydrogen-bond acceptors (Lipinski definition) is 3. The van der Waals surface area contributed by atoms with Crippen molar-refractivity contribution in [3.63, 3.8) is 0 Å². The molecule has 0 aliphatic heterocycles. The quantitative estimate of drug-likeness (QED) is 0.901. The zero-order valence-corrected chi connectivity index (χ0v) is 12.3. The summed E-state index contributed by atoms with van der Waals surface area (Å²) in [7, 11) is -2.87. The molecule has 0 unspecified atom stereocenters. The Hall–Kier alpha value is -0.870. The van der Waals surface area contributed by atoms with E-state index >= 15 is 0 Å². The average molecular weight is 281 g/mol. The molecule has 3 nitrogen and oxygen atoms in total. The van der Waals surface area contributed by atoms with Crippen LogP contribution in [0, 0.1) is 0 Å². The summed E-state index contributed by atoms with van der Waals surface area (Å²) in [5, 5.41) is 3.45. The Morgan fingerprint density at radius 2 is 1.84 bits per heavy atom. The maximum absolute atomic E-state index is 11.2. The maximum atomic E-state index is 11.2. The fraction of sp³-hybridized carbons (Fsp3) is 0.600. The van der Waals surface area contributed by atoms with Gasteiger partial charge in [0.1, 0.15) is 9.84 Å². The third-order valence-electron chi connectivity index (χ3n) is 3.87. The minimum Gasteiger partial charge on any atom is -0.312 e. The highest BCUT2D eigenvalue weighted by molar-refractivity contribution is 7.90. The predicted octanol–water partition coefficient (Wildman–Crippen LogP) is 2.35. The summed E-state index contributed by atoms with van der Waals surface area (Å²) in [6.07, 6.45) is 6.14. The Balaban J connectivity index is 1.97. The van der Waals surface area contributed by atoms with Gasteiger partial charge in [-0.1, -0.05) is 43.2 Å². The Kier molecular flexibility index (Phi) is 4.99. The number of sulfone groups is 1. The molecule has 1 aliphatic carbocycles. The van der Waals surface area contributed by atoms with Crippen molar-refractivity contribution in [1.29, 1.82) is 0 Å². The number of rotatable bonds is 5. The zero-order valence-electron chi connectivity index (χ0n) is 11.5. The van der Waals surface area contributed by atoms with Crippen LogP contribution in [0.5, 0.6) is 0 Å². The molecule has 19 heavy (non-hydrogen) atoms. The summed E-state index contributed by atoms with van der Waals surface area (Å²) in [6.45, 7) is 0.562. The topological polar surface area (TPSA) is 46.2 Å². The lowest BCUT2D eigenvalue weighted by molar-refractivity contribution is 0.333. The monoisotopic (exact) mass is 281 g/mol. The first-order valence-electron chi connectivity index (χ1n) is 7.02. The van der Waals surface area contributed by atoms with Crippen molar-refractivity contribution in [1.82, 2.24) is 5.32 Å². The fourth-order valence-electron chi connectivity index (χ4n) is 2.90. The third kappa shape index (κ3) is 4.62. The van der Waals surface area contributed by atoms with Gasteiger partial charge in [0, 0.05) is 18.8 Å². The molecule has 0 heterocycles. The largest absolute Gasteiger partial charge is 0.312 e. The summed E-state index contributed by atoms with van der Waals surface area (Å²) >= 11 is 0. The molecule has 0 aromatic heterocycles. The Morgan fingerprint density at radius 3 is 2.53 bits per heavy atom. The molecule has 1 fully saturated rings. The molecule has 4 heteroatoms. The molecule has 0 amide bonds. The van der Waals surface area contributed by atoms with Crippen LogP contribution in [0.4, 0.5) is 0 Å². The Morgan fingerprint density at radius 1 is 1.16 bits per heavy atom. The molecular formula is C15H23NO2S. The predicted molar refractivity (Wildman–Crippen MR) is 79.2 cm³/mol. The summed E-state index contributed by atoms with van der Waals surface area (Å²) < 4.78 is 22.4. The molecule has 0 saturated heterocycles. The normalized spacial score (nSPS) is 24.3. The van der Waals surface area contributed by atoms with Crippen LogP contribution in [0.3, 0.4) is 0 Å². The van der Waals surface area contributed by atoms with Crippen LogP contribution in [0.25, 0.3) is 0 Å². The van der Waals surface area contributed by atoms with E-state index in [1.807, 2.05) is 6.07 Å². The molecule has 1 aromatic carbocycles. The molecule has 2 atom stereocenters. The van der Waals surface area contributed by atoms with Gasteiger partial charge in [0.05, 0.1) is 5.75 Å². The van der Waals surface area contributed by atoms with E-state index in [4.69, 9.17) is 0 Å². The zero-order chi connectivity index (χ0) is 13.7. The van der Waals surface area contributed by atoms with Crippen molar-refractivity contribution < 1.29 is 8.42 Å². The first kappa shape index (κ1) is 14.5. The molecule has 0 radical (unpaired) electrons. The van der Waals surface area contributed by atoms with Crippen LogP contribution in [0.1, 0.15) is 37.2 Å². The summed E-state index contributed by atoms with van der Waals surface area (Å²) in [5.74, 6) is 0.750. The van der Waals surface area contributed by atoms with Gasteiger partial charge >= 0.3 is 0 Å². The molecular weight excluding hydrogens is 258 g/mol. The highest BCUT2D eigenvalue weighted by Crippen LogP contribution is 2.32. The SMILES string of the molecule is CS(=O)(=O)CCN[C@@H]1CCCC[C@H]1c1ccccc1. The molecule has 2 rings (SSSR count). The summed E-state index contributed by atoms with van der Waals surface area (Å²) in [5.41, 5.74) is 1.37. The second-order valence-electron chi connectivity index (χ2n) is 5.49. The van der Waals surface area contributed by atoms with Gasteiger partial charge in [-0.15, -0.1) is 0 Å². The van der Waals surface area contributed by atoms with E-state index in [1.165, 1.54) is 31.1 Å². The van der Waals surface area contributed by atoms with Crippen LogP contribution < -0.4 is 5.32 Å². The van der Waals surface area contributed by atoms with E-state index in [-0.39, 0.29) is 5.75 Å². The van der Waals surface area contributed by atoms with Crippen LogP contribution in [0.2, 0.25) is 0 Å². The van der Waals surface area contributed by atoms with Gasteiger partial charge in [-0.3, -0.25) is 0 Å². The smallest absolute Gasteiger partial charge is 0.148 e. The van der Waals surface area contributed by atoms with Crippen molar-refractivity contribution in [2.24, 2.45) is 0 Å². The number of nitrogens with one attached hydrogen (secondary N) is 1. The molecule has 1 N–H and O–H groups in total. The standard InChI is InChI=1S/C15H23NO2S/c1-19(17,18)12-11-16-15-10-6-5-9-14(15)13-7-3-2-4-8-13/h2-4,7-8,14-16H,5-6,9-12H2,1H3/t14-,15+/m0/s1. The number of benzene rings is 1. The van der Waals surface area contributed by atoms with E-state index in [0.717, 1.165) is 6.42 Å². The highest BCUT2D eigenvalue weighted by atomic mass is 32.2. The van der Waals surface area contributed by atoms with Crippen molar-refractivity contribution in [2.45, 2.75) is 37.6 Å². The van der Waals surface area contributed by atoms with Crippen LogP contribution in [-0.2, 0) is 9.84 Å². The van der Waals surface area contributed by atoms with Gasteiger partial charge in [0.25, 0.3) is 0 Å². The number of hydrogen-bond donors (Lipinski definition) is 1. The average Bonchev–Trinajstić information content (AvgIpc) is 2.39. The van der Waals surface area contributed by atoms with Crippen molar-refractivity contribution in [3.8, 4) is 0 Å². The summed E-state index contributed by atoms with van der Waals surface area (Å²) in [6, 6.07) is 11.0. The van der Waals surface area contributed by atoms with Gasteiger partial charge in [-0.05, 0) is 24.3 Å². The van der Waals surface area contributed by atoms with E-state index < -0.39 is 9.84 Å². The van der Waals surface area contributed by atoms with Gasteiger partial charge in [-0.25, -0.2) is 8.42 Å². The van der Waals surface area contributed by atoms with E-state index in [1.54, 1.807) is 0 Å². The van der Waals surface area contributed by atoms with Crippen molar-refractivity contribution >= 4 is 9.84 Å². The maximum Gasteiger partial charge on any atom is 0.148 e. The van der Waals surface area contributed by atoms with Crippen molar-refractivity contribution in [3.05, 3.63) is 35.9 Å². The van der Waals surface area contributed by atoms with Gasteiger partial charge in [-0.2, -0.15) is 0 Å². The first-order valence-corrected chi connectivity index (χ1v) is 9.08. The van der Waals surface area contributed by atoms with Crippen LogP contribution in [0.15, 0.2) is 30.3 Å².